The first kappa shape index (κ1) is 19.2. The van der Waals surface area contributed by atoms with Crippen molar-refractivity contribution >= 4 is 5.69 Å². The van der Waals surface area contributed by atoms with Crippen LogP contribution in [0.3, 0.4) is 0 Å². The molecule has 140 valence electrons. The quantitative estimate of drug-likeness (QED) is 0.444. The summed E-state index contributed by atoms with van der Waals surface area (Å²) in [6.45, 7) is 11.1. The van der Waals surface area contributed by atoms with Crippen LogP contribution in [0.4, 0.5) is 5.69 Å². The number of rotatable bonds is 7. The van der Waals surface area contributed by atoms with Crippen LogP contribution in [0.25, 0.3) is 11.1 Å². The third-order valence-corrected chi connectivity index (χ3v) is 5.36. The molecule has 0 atom stereocenters. The van der Waals surface area contributed by atoms with Crippen molar-refractivity contribution in [3.8, 4) is 11.1 Å². The molecule has 0 saturated carbocycles. The summed E-state index contributed by atoms with van der Waals surface area (Å²) in [6, 6.07) is 26.6. The molecule has 0 radical (unpaired) electrons. The number of benzene rings is 3. The molecule has 0 aliphatic rings. The lowest BCUT2D eigenvalue weighted by atomic mass is 9.90. The predicted molar refractivity (Wildman–Crippen MR) is 119 cm³/mol. The van der Waals surface area contributed by atoms with Gasteiger partial charge in [-0.3, -0.25) is 0 Å². The van der Waals surface area contributed by atoms with Crippen LogP contribution < -0.4 is 4.90 Å². The van der Waals surface area contributed by atoms with E-state index in [4.69, 9.17) is 0 Å². The smallest absolute Gasteiger partial charge is 0.0401 e. The highest BCUT2D eigenvalue weighted by molar-refractivity contribution is 5.69. The lowest BCUT2D eigenvalue weighted by Gasteiger charge is -2.25. The maximum Gasteiger partial charge on any atom is 0.0401 e. The van der Waals surface area contributed by atoms with Crippen molar-refractivity contribution < 1.29 is 0 Å². The molecule has 0 fully saturated rings. The van der Waals surface area contributed by atoms with Crippen molar-refractivity contribution in [2.24, 2.45) is 0 Å². The maximum atomic E-state index is 2.45. The van der Waals surface area contributed by atoms with Gasteiger partial charge in [-0.2, -0.15) is 0 Å². The molecule has 1 heteroatoms. The fourth-order valence-electron chi connectivity index (χ4n) is 3.76. The molecule has 0 aromatic heterocycles. The average Bonchev–Trinajstić information content (AvgIpc) is 2.70. The van der Waals surface area contributed by atoms with Crippen LogP contribution in [-0.4, -0.2) is 13.1 Å². The zero-order valence-electron chi connectivity index (χ0n) is 17.1. The fourth-order valence-corrected chi connectivity index (χ4v) is 3.76. The van der Waals surface area contributed by atoms with Gasteiger partial charge in [0.2, 0.25) is 0 Å². The van der Waals surface area contributed by atoms with Crippen LogP contribution >= 0.6 is 0 Å². The molecule has 0 N–H and O–H groups in total. The number of anilines is 1. The Morgan fingerprint density at radius 2 is 1.41 bits per heavy atom. The number of hydrogen-bond acceptors (Lipinski definition) is 1. The van der Waals surface area contributed by atoms with E-state index in [0.29, 0.717) is 5.92 Å². The van der Waals surface area contributed by atoms with Gasteiger partial charge in [-0.05, 0) is 53.6 Å². The van der Waals surface area contributed by atoms with Crippen LogP contribution in [-0.2, 0) is 6.42 Å². The molecule has 1 nitrogen and oxygen atoms in total. The van der Waals surface area contributed by atoms with Crippen LogP contribution in [0.1, 0.15) is 50.3 Å². The molecule has 0 unspecified atom stereocenters. The third-order valence-electron chi connectivity index (χ3n) is 5.36. The minimum Gasteiger partial charge on any atom is -0.372 e. The zero-order chi connectivity index (χ0) is 19.2. The van der Waals surface area contributed by atoms with E-state index in [1.807, 2.05) is 0 Å². The highest BCUT2D eigenvalue weighted by Gasteiger charge is 2.13. The van der Waals surface area contributed by atoms with Gasteiger partial charge in [-0.15, -0.1) is 0 Å². The maximum absolute atomic E-state index is 2.45. The summed E-state index contributed by atoms with van der Waals surface area (Å²) in [5, 5.41) is 0. The predicted octanol–water partition coefficient (Wildman–Crippen LogP) is 6.91. The van der Waals surface area contributed by atoms with E-state index in [9.17, 15) is 0 Å². The van der Waals surface area contributed by atoms with E-state index >= 15 is 0 Å². The Hall–Kier alpha value is -2.54. The topological polar surface area (TPSA) is 3.24 Å². The van der Waals surface area contributed by atoms with E-state index in [0.717, 1.165) is 19.5 Å². The Labute approximate surface area is 164 Å². The first-order valence-corrected chi connectivity index (χ1v) is 10.1. The van der Waals surface area contributed by atoms with Gasteiger partial charge in [0.05, 0.1) is 0 Å². The van der Waals surface area contributed by atoms with Gasteiger partial charge in [0, 0.05) is 25.2 Å². The largest absolute Gasteiger partial charge is 0.372 e. The molecular formula is C26H31N. The SMILES string of the molecule is CCN(CC)c1ccccc1Cc1cc(C(C)C)ccc1-c1ccccc1. The zero-order valence-corrected chi connectivity index (χ0v) is 17.1. The summed E-state index contributed by atoms with van der Waals surface area (Å²) in [7, 11) is 0. The molecule has 27 heavy (non-hydrogen) atoms. The standard InChI is InChI=1S/C26H31N/c1-5-27(6-2)26-15-11-10-14-23(26)19-24-18-22(20(3)4)16-17-25(24)21-12-8-7-9-13-21/h7-18,20H,5-6,19H2,1-4H3. The Morgan fingerprint density at radius 3 is 2.07 bits per heavy atom. The minimum atomic E-state index is 0.534. The summed E-state index contributed by atoms with van der Waals surface area (Å²) < 4.78 is 0. The summed E-state index contributed by atoms with van der Waals surface area (Å²) in [5.41, 5.74) is 8.21. The summed E-state index contributed by atoms with van der Waals surface area (Å²) in [4.78, 5) is 2.45. The van der Waals surface area contributed by atoms with Crippen LogP contribution in [0.5, 0.6) is 0 Å². The lowest BCUT2D eigenvalue weighted by Crippen LogP contribution is -2.23. The summed E-state index contributed by atoms with van der Waals surface area (Å²) >= 11 is 0. The Bertz CT molecular complexity index is 860. The molecule has 0 heterocycles. The van der Waals surface area contributed by atoms with Gasteiger partial charge in [0.25, 0.3) is 0 Å². The average molecular weight is 358 g/mol. The first-order valence-electron chi connectivity index (χ1n) is 10.1. The lowest BCUT2D eigenvalue weighted by molar-refractivity contribution is 0.854. The van der Waals surface area contributed by atoms with Crippen LogP contribution in [0, 0.1) is 0 Å². The monoisotopic (exact) mass is 357 g/mol. The molecular weight excluding hydrogens is 326 g/mol. The van der Waals surface area contributed by atoms with Crippen molar-refractivity contribution in [1.82, 2.24) is 0 Å². The van der Waals surface area contributed by atoms with Crippen molar-refractivity contribution in [1.29, 1.82) is 0 Å². The van der Waals surface area contributed by atoms with Gasteiger partial charge in [-0.1, -0.05) is 80.6 Å². The van der Waals surface area contributed by atoms with E-state index in [-0.39, 0.29) is 0 Å². The van der Waals surface area contributed by atoms with Crippen molar-refractivity contribution in [3.63, 3.8) is 0 Å². The second-order valence-electron chi connectivity index (χ2n) is 7.42. The van der Waals surface area contributed by atoms with Gasteiger partial charge >= 0.3 is 0 Å². The summed E-state index contributed by atoms with van der Waals surface area (Å²) in [5.74, 6) is 0.534. The Morgan fingerprint density at radius 1 is 0.741 bits per heavy atom. The van der Waals surface area contributed by atoms with E-state index in [1.165, 1.54) is 33.5 Å². The van der Waals surface area contributed by atoms with Gasteiger partial charge in [0.15, 0.2) is 0 Å². The van der Waals surface area contributed by atoms with Gasteiger partial charge < -0.3 is 4.90 Å². The molecule has 0 bridgehead atoms. The van der Waals surface area contributed by atoms with E-state index in [2.05, 4.69) is 105 Å². The second kappa shape index (κ2) is 8.90. The molecule has 0 spiro atoms. The number of hydrogen-bond donors (Lipinski definition) is 0. The molecule has 3 aromatic carbocycles. The Balaban J connectivity index is 2.07. The highest BCUT2D eigenvalue weighted by Crippen LogP contribution is 2.31. The molecule has 0 saturated heterocycles. The Kier molecular flexibility index (Phi) is 6.34. The molecule has 0 amide bonds. The van der Waals surface area contributed by atoms with Gasteiger partial charge in [0.1, 0.15) is 0 Å². The summed E-state index contributed by atoms with van der Waals surface area (Å²) in [6.07, 6.45) is 0.956. The van der Waals surface area contributed by atoms with Crippen LogP contribution in [0.2, 0.25) is 0 Å². The van der Waals surface area contributed by atoms with E-state index in [1.54, 1.807) is 0 Å². The molecule has 0 aliphatic carbocycles. The fraction of sp³-hybridized carbons (Fsp3) is 0.308. The molecule has 3 aromatic rings. The second-order valence-corrected chi connectivity index (χ2v) is 7.42. The van der Waals surface area contributed by atoms with Crippen LogP contribution in [0.15, 0.2) is 72.8 Å². The van der Waals surface area contributed by atoms with Crippen molar-refractivity contribution in [2.45, 2.75) is 40.0 Å². The minimum absolute atomic E-state index is 0.534. The molecule has 0 aliphatic heterocycles. The number of nitrogens with zero attached hydrogens (tertiary/aromatic N) is 1. The number of para-hydroxylation sites is 1. The van der Waals surface area contributed by atoms with E-state index < -0.39 is 0 Å². The molecule has 3 rings (SSSR count). The highest BCUT2D eigenvalue weighted by atomic mass is 15.1. The van der Waals surface area contributed by atoms with Crippen molar-refractivity contribution in [2.75, 3.05) is 18.0 Å². The first-order chi connectivity index (χ1) is 13.1. The van der Waals surface area contributed by atoms with Crippen molar-refractivity contribution in [3.05, 3.63) is 89.5 Å². The normalized spacial score (nSPS) is 11.0. The van der Waals surface area contributed by atoms with Gasteiger partial charge in [-0.25, -0.2) is 0 Å². The third kappa shape index (κ3) is 4.42.